The third-order valence-electron chi connectivity index (χ3n) is 3.86. The summed E-state index contributed by atoms with van der Waals surface area (Å²) in [5.41, 5.74) is 0.741. The summed E-state index contributed by atoms with van der Waals surface area (Å²) in [6, 6.07) is 3.17. The minimum absolute atomic E-state index is 0. The Morgan fingerprint density at radius 1 is 1.17 bits per heavy atom. The summed E-state index contributed by atoms with van der Waals surface area (Å²) in [5, 5.41) is 3.24. The number of halogens is 4. The molecule has 4 nitrogen and oxygen atoms in total. The van der Waals surface area contributed by atoms with E-state index in [9.17, 15) is 8.78 Å². The van der Waals surface area contributed by atoms with Gasteiger partial charge in [0, 0.05) is 44.2 Å². The molecule has 0 aromatic heterocycles. The van der Waals surface area contributed by atoms with Crippen LogP contribution in [-0.2, 0) is 0 Å². The highest BCUT2D eigenvalue weighted by molar-refractivity contribution is 9.10. The molecule has 0 radical (unpaired) electrons. The van der Waals surface area contributed by atoms with Crippen LogP contribution < -0.4 is 14.8 Å². The van der Waals surface area contributed by atoms with Gasteiger partial charge in [0.1, 0.15) is 11.5 Å². The second kappa shape index (κ2) is 9.61. The van der Waals surface area contributed by atoms with Crippen molar-refractivity contribution in [2.45, 2.75) is 18.9 Å². The molecular formula is C15H22BrClF2N2O2. The summed E-state index contributed by atoms with van der Waals surface area (Å²) in [4.78, 5) is 2.08. The van der Waals surface area contributed by atoms with Crippen LogP contribution in [0.1, 0.15) is 18.0 Å². The maximum absolute atomic E-state index is 13.1. The third kappa shape index (κ3) is 5.17. The Labute approximate surface area is 150 Å². The van der Waals surface area contributed by atoms with E-state index < -0.39 is 6.43 Å². The second-order valence-electron chi connectivity index (χ2n) is 5.16. The van der Waals surface area contributed by atoms with Gasteiger partial charge in [-0.05, 0) is 28.1 Å². The molecule has 0 saturated carbocycles. The molecule has 1 aromatic carbocycles. The first-order chi connectivity index (χ1) is 10.6. The number of benzene rings is 1. The fourth-order valence-electron chi connectivity index (χ4n) is 2.78. The van der Waals surface area contributed by atoms with E-state index in [2.05, 4.69) is 26.1 Å². The van der Waals surface area contributed by atoms with Crippen molar-refractivity contribution in [1.82, 2.24) is 10.2 Å². The number of nitrogens with one attached hydrogen (secondary N) is 1. The summed E-state index contributed by atoms with van der Waals surface area (Å²) in [5.74, 6) is 1.21. The smallest absolute Gasteiger partial charge is 0.240 e. The van der Waals surface area contributed by atoms with Crippen molar-refractivity contribution in [3.8, 4) is 11.5 Å². The maximum atomic E-state index is 13.1. The lowest BCUT2D eigenvalue weighted by Crippen LogP contribution is -2.45. The quantitative estimate of drug-likeness (QED) is 0.771. The van der Waals surface area contributed by atoms with E-state index in [1.165, 1.54) is 0 Å². The van der Waals surface area contributed by atoms with Gasteiger partial charge in [0.2, 0.25) is 6.43 Å². The van der Waals surface area contributed by atoms with Gasteiger partial charge in [-0.15, -0.1) is 12.4 Å². The highest BCUT2D eigenvalue weighted by Crippen LogP contribution is 2.40. The number of rotatable bonds is 6. The highest BCUT2D eigenvalue weighted by Gasteiger charge is 2.28. The first-order valence-corrected chi connectivity index (χ1v) is 8.00. The van der Waals surface area contributed by atoms with Crippen LogP contribution in [0.3, 0.4) is 0 Å². The van der Waals surface area contributed by atoms with Crippen molar-refractivity contribution in [2.24, 2.45) is 0 Å². The molecule has 1 N–H and O–H groups in total. The van der Waals surface area contributed by atoms with Gasteiger partial charge in [-0.3, -0.25) is 4.90 Å². The largest absolute Gasteiger partial charge is 0.496 e. The van der Waals surface area contributed by atoms with E-state index in [1.54, 1.807) is 26.4 Å². The van der Waals surface area contributed by atoms with Crippen LogP contribution in [0.2, 0.25) is 0 Å². The summed E-state index contributed by atoms with van der Waals surface area (Å²) in [6.07, 6.45) is -2.60. The van der Waals surface area contributed by atoms with E-state index >= 15 is 0 Å². The summed E-state index contributed by atoms with van der Waals surface area (Å²) in [7, 11) is 3.11. The molecule has 0 spiro atoms. The molecule has 1 aromatic rings. The average Bonchev–Trinajstić information content (AvgIpc) is 2.53. The van der Waals surface area contributed by atoms with Crippen LogP contribution >= 0.6 is 28.3 Å². The SMILES string of the molecule is COc1cc([C@H](CC(F)F)N2CCNCC2)c(OC)cc1Br.Cl. The predicted octanol–water partition coefficient (Wildman–Crippen LogP) is 3.49. The van der Waals surface area contributed by atoms with Crippen molar-refractivity contribution < 1.29 is 18.3 Å². The number of nitrogens with zero attached hydrogens (tertiary/aromatic N) is 1. The van der Waals surface area contributed by atoms with Crippen molar-refractivity contribution in [3.63, 3.8) is 0 Å². The lowest BCUT2D eigenvalue weighted by molar-refractivity contribution is 0.0728. The Bertz CT molecular complexity index is 503. The van der Waals surface area contributed by atoms with Crippen molar-refractivity contribution in [1.29, 1.82) is 0 Å². The van der Waals surface area contributed by atoms with Crippen LogP contribution in [-0.4, -0.2) is 51.7 Å². The number of piperazine rings is 1. The minimum Gasteiger partial charge on any atom is -0.496 e. The molecule has 1 saturated heterocycles. The lowest BCUT2D eigenvalue weighted by Gasteiger charge is -2.36. The molecular weight excluding hydrogens is 394 g/mol. The van der Waals surface area contributed by atoms with Crippen LogP contribution in [0.5, 0.6) is 11.5 Å². The van der Waals surface area contributed by atoms with Crippen LogP contribution in [0, 0.1) is 0 Å². The van der Waals surface area contributed by atoms with E-state index in [1.807, 2.05) is 0 Å². The minimum atomic E-state index is -2.38. The van der Waals surface area contributed by atoms with Gasteiger partial charge < -0.3 is 14.8 Å². The van der Waals surface area contributed by atoms with Crippen LogP contribution in [0.25, 0.3) is 0 Å². The first-order valence-electron chi connectivity index (χ1n) is 7.21. The fraction of sp³-hybridized carbons (Fsp3) is 0.600. The Balaban J connectivity index is 0.00000264. The molecule has 132 valence electrons. The number of hydrogen-bond donors (Lipinski definition) is 1. The van der Waals surface area contributed by atoms with Crippen molar-refractivity contribution in [3.05, 3.63) is 22.2 Å². The third-order valence-corrected chi connectivity index (χ3v) is 4.48. The number of alkyl halides is 2. The zero-order valence-electron chi connectivity index (χ0n) is 13.2. The van der Waals surface area contributed by atoms with E-state index in [-0.39, 0.29) is 24.9 Å². The topological polar surface area (TPSA) is 33.7 Å². The molecule has 23 heavy (non-hydrogen) atoms. The zero-order chi connectivity index (χ0) is 16.1. The molecule has 0 unspecified atom stereocenters. The van der Waals surface area contributed by atoms with Gasteiger partial charge in [0.25, 0.3) is 0 Å². The molecule has 0 amide bonds. The normalized spacial score (nSPS) is 16.8. The highest BCUT2D eigenvalue weighted by atomic mass is 79.9. The summed E-state index contributed by atoms with van der Waals surface area (Å²) in [6.45, 7) is 3.07. The lowest BCUT2D eigenvalue weighted by atomic mass is 9.99. The molecule has 1 fully saturated rings. The molecule has 0 aliphatic carbocycles. The molecule has 1 atom stereocenters. The van der Waals surface area contributed by atoms with Gasteiger partial charge in [-0.2, -0.15) is 0 Å². The van der Waals surface area contributed by atoms with Gasteiger partial charge >= 0.3 is 0 Å². The maximum Gasteiger partial charge on any atom is 0.240 e. The Morgan fingerprint density at radius 3 is 2.30 bits per heavy atom. The number of ether oxygens (including phenoxy) is 2. The Hall–Kier alpha value is -0.630. The first kappa shape index (κ1) is 20.4. The van der Waals surface area contributed by atoms with Gasteiger partial charge in [0.15, 0.2) is 0 Å². The molecule has 1 aliphatic rings. The molecule has 8 heteroatoms. The van der Waals surface area contributed by atoms with E-state index in [0.29, 0.717) is 11.5 Å². The fourth-order valence-corrected chi connectivity index (χ4v) is 3.26. The molecule has 2 rings (SSSR count). The number of methoxy groups -OCH3 is 2. The average molecular weight is 416 g/mol. The molecule has 1 heterocycles. The zero-order valence-corrected chi connectivity index (χ0v) is 15.6. The predicted molar refractivity (Wildman–Crippen MR) is 92.3 cm³/mol. The van der Waals surface area contributed by atoms with Gasteiger partial charge in [0.05, 0.1) is 18.7 Å². The Kier molecular flexibility index (Phi) is 8.53. The molecule has 0 bridgehead atoms. The Morgan fingerprint density at radius 2 is 1.78 bits per heavy atom. The van der Waals surface area contributed by atoms with E-state index in [0.717, 1.165) is 36.2 Å². The van der Waals surface area contributed by atoms with E-state index in [4.69, 9.17) is 9.47 Å². The monoisotopic (exact) mass is 414 g/mol. The van der Waals surface area contributed by atoms with Crippen LogP contribution in [0.4, 0.5) is 8.78 Å². The number of hydrogen-bond acceptors (Lipinski definition) is 4. The van der Waals surface area contributed by atoms with Gasteiger partial charge in [-0.1, -0.05) is 0 Å². The summed E-state index contributed by atoms with van der Waals surface area (Å²) >= 11 is 3.40. The second-order valence-corrected chi connectivity index (χ2v) is 6.01. The van der Waals surface area contributed by atoms with Crippen molar-refractivity contribution >= 4 is 28.3 Å². The van der Waals surface area contributed by atoms with Crippen LogP contribution in [0.15, 0.2) is 16.6 Å². The van der Waals surface area contributed by atoms with Gasteiger partial charge in [-0.25, -0.2) is 8.78 Å². The molecule has 1 aliphatic heterocycles. The standard InChI is InChI=1S/C15H21BrF2N2O2.ClH/c1-21-13-8-11(16)14(22-2)7-10(13)12(9-15(17)18)20-5-3-19-4-6-20;/h7-8,12,15,19H,3-6,9H2,1-2H3;1H/t12-;/m0./s1. The van der Waals surface area contributed by atoms with Crippen molar-refractivity contribution in [2.75, 3.05) is 40.4 Å². The summed E-state index contributed by atoms with van der Waals surface area (Å²) < 4.78 is 37.7.